The van der Waals surface area contributed by atoms with Gasteiger partial charge in [-0.1, -0.05) is 47.1 Å². The summed E-state index contributed by atoms with van der Waals surface area (Å²) in [4.78, 5) is 38.3. The Labute approximate surface area is 166 Å². The van der Waals surface area contributed by atoms with Crippen molar-refractivity contribution in [2.24, 2.45) is 5.92 Å². The van der Waals surface area contributed by atoms with Gasteiger partial charge in [-0.2, -0.15) is 0 Å². The molecule has 1 unspecified atom stereocenters. The second-order valence-electron chi connectivity index (χ2n) is 6.46. The molecular weight excluding hydrogens is 410 g/mol. The van der Waals surface area contributed by atoms with Crippen molar-refractivity contribution >= 4 is 39.3 Å². The summed E-state index contributed by atoms with van der Waals surface area (Å²) >= 11 is 3.31. The number of amides is 1. The Morgan fingerprint density at radius 1 is 1.11 bits per heavy atom. The monoisotopic (exact) mass is 429 g/mol. The van der Waals surface area contributed by atoms with Crippen LogP contribution in [0.3, 0.4) is 0 Å². The van der Waals surface area contributed by atoms with E-state index >= 15 is 0 Å². The van der Waals surface area contributed by atoms with Gasteiger partial charge in [0.2, 0.25) is 5.91 Å². The lowest BCUT2D eigenvalue weighted by molar-refractivity contribution is -0.147. The van der Waals surface area contributed by atoms with Crippen LogP contribution in [0.15, 0.2) is 53.0 Å². The average Bonchev–Trinajstić information content (AvgIpc) is 3.08. The molecule has 3 rings (SSSR count). The number of hydrogen-bond acceptors (Lipinski definition) is 4. The average molecular weight is 430 g/mol. The van der Waals surface area contributed by atoms with Gasteiger partial charge in [0.05, 0.1) is 5.92 Å². The zero-order chi connectivity index (χ0) is 19.4. The van der Waals surface area contributed by atoms with Crippen molar-refractivity contribution in [3.8, 4) is 0 Å². The lowest BCUT2D eigenvalue weighted by Gasteiger charge is -2.17. The van der Waals surface area contributed by atoms with Crippen LogP contribution in [0.2, 0.25) is 0 Å². The summed E-state index contributed by atoms with van der Waals surface area (Å²) in [6.07, 6.45) is 1.02. The lowest BCUT2D eigenvalue weighted by Crippen LogP contribution is -2.27. The van der Waals surface area contributed by atoms with Crippen molar-refractivity contribution in [3.05, 3.63) is 64.1 Å². The maximum atomic E-state index is 12.3. The van der Waals surface area contributed by atoms with E-state index in [9.17, 15) is 14.4 Å². The number of halogens is 1. The molecule has 0 aromatic heterocycles. The summed E-state index contributed by atoms with van der Waals surface area (Å²) in [5.41, 5.74) is 2.44. The van der Waals surface area contributed by atoms with Crippen LogP contribution in [-0.2, 0) is 20.7 Å². The standard InChI is InChI=1S/C21H20BrNO4/c1-2-14-3-9-18(10-4-14)23-12-16(11-20(23)25)21(26)27-13-19(24)15-5-7-17(22)8-6-15/h3-10,16H,2,11-13H2,1H3. The predicted molar refractivity (Wildman–Crippen MR) is 106 cm³/mol. The Bertz CT molecular complexity index is 845. The third kappa shape index (κ3) is 4.63. The Morgan fingerprint density at radius 2 is 1.78 bits per heavy atom. The smallest absolute Gasteiger partial charge is 0.311 e. The van der Waals surface area contributed by atoms with Crippen LogP contribution in [0.1, 0.15) is 29.3 Å². The van der Waals surface area contributed by atoms with Gasteiger partial charge in [0.15, 0.2) is 12.4 Å². The van der Waals surface area contributed by atoms with Crippen molar-refractivity contribution in [2.75, 3.05) is 18.1 Å². The molecule has 1 heterocycles. The van der Waals surface area contributed by atoms with Gasteiger partial charge in [-0.05, 0) is 36.2 Å². The Hall–Kier alpha value is -2.47. The van der Waals surface area contributed by atoms with Crippen molar-refractivity contribution < 1.29 is 19.1 Å². The van der Waals surface area contributed by atoms with Crippen LogP contribution < -0.4 is 4.90 Å². The number of ketones is 1. The molecule has 2 aromatic carbocycles. The molecule has 6 heteroatoms. The van der Waals surface area contributed by atoms with E-state index in [4.69, 9.17) is 4.74 Å². The highest BCUT2D eigenvalue weighted by Crippen LogP contribution is 2.26. The third-order valence-corrected chi connectivity index (χ3v) is 5.16. The van der Waals surface area contributed by atoms with E-state index < -0.39 is 11.9 Å². The van der Waals surface area contributed by atoms with Crippen LogP contribution in [0.4, 0.5) is 5.69 Å². The fourth-order valence-corrected chi connectivity index (χ4v) is 3.26. The second kappa shape index (κ2) is 8.48. The molecule has 5 nitrogen and oxygen atoms in total. The van der Waals surface area contributed by atoms with Crippen molar-refractivity contribution in [3.63, 3.8) is 0 Å². The molecule has 2 aromatic rings. The summed E-state index contributed by atoms with van der Waals surface area (Å²) < 4.78 is 6.03. The Kier molecular flexibility index (Phi) is 6.06. The van der Waals surface area contributed by atoms with Crippen molar-refractivity contribution in [1.29, 1.82) is 0 Å². The Balaban J connectivity index is 1.56. The summed E-state index contributed by atoms with van der Waals surface area (Å²) in [6.45, 7) is 2.02. The van der Waals surface area contributed by atoms with E-state index in [1.165, 1.54) is 5.56 Å². The number of rotatable bonds is 6. The van der Waals surface area contributed by atoms with Gasteiger partial charge in [0.1, 0.15) is 0 Å². The molecule has 1 saturated heterocycles. The number of Topliss-reactive ketones (excluding diaryl/α,β-unsaturated/α-hetero) is 1. The van der Waals surface area contributed by atoms with E-state index in [0.29, 0.717) is 5.56 Å². The van der Waals surface area contributed by atoms with Crippen LogP contribution in [-0.4, -0.2) is 30.8 Å². The quantitative estimate of drug-likeness (QED) is 0.517. The van der Waals surface area contributed by atoms with Crippen LogP contribution in [0, 0.1) is 5.92 Å². The van der Waals surface area contributed by atoms with E-state index in [-0.39, 0.29) is 31.3 Å². The number of esters is 1. The third-order valence-electron chi connectivity index (χ3n) is 4.63. The van der Waals surface area contributed by atoms with Gasteiger partial charge in [-0.25, -0.2) is 0 Å². The molecule has 1 amide bonds. The molecule has 0 bridgehead atoms. The summed E-state index contributed by atoms with van der Waals surface area (Å²) in [7, 11) is 0. The number of carbonyl (C=O) groups is 3. The number of ether oxygens (including phenoxy) is 1. The first-order chi connectivity index (χ1) is 13.0. The highest BCUT2D eigenvalue weighted by molar-refractivity contribution is 9.10. The zero-order valence-electron chi connectivity index (χ0n) is 15.0. The fraction of sp³-hybridized carbons (Fsp3) is 0.286. The molecular formula is C21H20BrNO4. The minimum atomic E-state index is -0.555. The molecule has 0 N–H and O–H groups in total. The predicted octanol–water partition coefficient (Wildman–Crippen LogP) is 3.79. The molecule has 1 aliphatic rings. The largest absolute Gasteiger partial charge is 0.457 e. The maximum absolute atomic E-state index is 12.3. The Morgan fingerprint density at radius 3 is 2.41 bits per heavy atom. The molecule has 1 aliphatic heterocycles. The first-order valence-corrected chi connectivity index (χ1v) is 9.62. The van der Waals surface area contributed by atoms with Gasteiger partial charge in [0.25, 0.3) is 0 Å². The molecule has 27 heavy (non-hydrogen) atoms. The molecule has 0 saturated carbocycles. The number of benzene rings is 2. The number of nitrogens with zero attached hydrogens (tertiary/aromatic N) is 1. The zero-order valence-corrected chi connectivity index (χ0v) is 16.6. The van der Waals surface area contributed by atoms with E-state index in [2.05, 4.69) is 22.9 Å². The van der Waals surface area contributed by atoms with Gasteiger partial charge < -0.3 is 9.64 Å². The van der Waals surface area contributed by atoms with Gasteiger partial charge in [-0.15, -0.1) is 0 Å². The highest BCUT2D eigenvalue weighted by atomic mass is 79.9. The van der Waals surface area contributed by atoms with E-state index in [0.717, 1.165) is 16.6 Å². The number of aryl methyl sites for hydroxylation is 1. The van der Waals surface area contributed by atoms with Crippen LogP contribution >= 0.6 is 15.9 Å². The van der Waals surface area contributed by atoms with Gasteiger partial charge in [0, 0.05) is 28.7 Å². The topological polar surface area (TPSA) is 63.7 Å². The normalized spacial score (nSPS) is 16.4. The van der Waals surface area contributed by atoms with Crippen LogP contribution in [0.5, 0.6) is 0 Å². The molecule has 0 aliphatic carbocycles. The maximum Gasteiger partial charge on any atom is 0.311 e. The van der Waals surface area contributed by atoms with Gasteiger partial charge in [-0.3, -0.25) is 14.4 Å². The minimum absolute atomic E-state index is 0.0981. The summed E-state index contributed by atoms with van der Waals surface area (Å²) in [6, 6.07) is 14.6. The molecule has 1 atom stereocenters. The fourth-order valence-electron chi connectivity index (χ4n) is 3.00. The van der Waals surface area contributed by atoms with Gasteiger partial charge >= 0.3 is 5.97 Å². The summed E-state index contributed by atoms with van der Waals surface area (Å²) in [5, 5.41) is 0. The minimum Gasteiger partial charge on any atom is -0.457 e. The number of anilines is 1. The molecule has 1 fully saturated rings. The SMILES string of the molecule is CCc1ccc(N2CC(C(=O)OCC(=O)c3ccc(Br)cc3)CC2=O)cc1. The first-order valence-electron chi connectivity index (χ1n) is 8.82. The number of hydrogen-bond donors (Lipinski definition) is 0. The molecule has 140 valence electrons. The number of carbonyl (C=O) groups excluding carboxylic acids is 3. The summed E-state index contributed by atoms with van der Waals surface area (Å²) in [5.74, 6) is -1.45. The molecule has 0 radical (unpaired) electrons. The van der Waals surface area contributed by atoms with Crippen molar-refractivity contribution in [1.82, 2.24) is 0 Å². The second-order valence-corrected chi connectivity index (χ2v) is 7.38. The first kappa shape index (κ1) is 19.3. The molecule has 0 spiro atoms. The van der Waals surface area contributed by atoms with Crippen molar-refractivity contribution in [2.45, 2.75) is 19.8 Å². The van der Waals surface area contributed by atoms with E-state index in [1.54, 1.807) is 29.2 Å². The highest BCUT2D eigenvalue weighted by Gasteiger charge is 2.36. The van der Waals surface area contributed by atoms with E-state index in [1.807, 2.05) is 24.3 Å². The van der Waals surface area contributed by atoms with Crippen LogP contribution in [0.25, 0.3) is 0 Å². The lowest BCUT2D eigenvalue weighted by atomic mass is 10.1.